The zero-order valence-corrected chi connectivity index (χ0v) is 45.3. The van der Waals surface area contributed by atoms with Crippen LogP contribution in [0.5, 0.6) is 0 Å². The first-order valence-electron chi connectivity index (χ1n) is 25.5. The van der Waals surface area contributed by atoms with E-state index in [0.29, 0.717) is 31.0 Å². The Morgan fingerprint density at radius 2 is 1.70 bits per heavy atom. The second kappa shape index (κ2) is 25.1. The van der Waals surface area contributed by atoms with Crippen molar-refractivity contribution in [2.75, 3.05) is 59.8 Å². The van der Waals surface area contributed by atoms with Crippen molar-refractivity contribution in [3.8, 4) is 0 Å². The topological polar surface area (TPSA) is 223 Å². The van der Waals surface area contributed by atoms with E-state index in [2.05, 4.69) is 20.5 Å². The van der Waals surface area contributed by atoms with Crippen LogP contribution in [0.25, 0.3) is 10.9 Å². The molecule has 3 aliphatic heterocycles. The molecule has 18 nitrogen and oxygen atoms in total. The van der Waals surface area contributed by atoms with Gasteiger partial charge in [-0.3, -0.25) is 14.6 Å². The molecule has 0 aliphatic carbocycles. The number of likely N-dealkylation sites (N-methyl/N-ethyl adjacent to an activating group) is 2. The summed E-state index contributed by atoms with van der Waals surface area (Å²) in [5.41, 5.74) is -3.00. The summed E-state index contributed by atoms with van der Waals surface area (Å²) < 4.78 is 45.6. The van der Waals surface area contributed by atoms with E-state index < -0.39 is 96.0 Å². The quantitative estimate of drug-likeness (QED) is 0.105. The number of fused-ring (bicyclic) bond motifs is 1. The molecule has 1 amide bonds. The number of carbonyl (C=O) groups excluding carboxylic acids is 2. The summed E-state index contributed by atoms with van der Waals surface area (Å²) in [6.45, 7) is 18.8. The smallest absolute Gasteiger partial charge is 0.311 e. The normalized spacial score (nSPS) is 39.4. The molecule has 0 radical (unpaired) electrons. The van der Waals surface area contributed by atoms with Crippen LogP contribution in [0, 0.1) is 17.8 Å². The minimum atomic E-state index is -1.83. The van der Waals surface area contributed by atoms with Crippen LogP contribution in [-0.2, 0) is 42.7 Å². The molecule has 3 aliphatic rings. The van der Waals surface area contributed by atoms with Gasteiger partial charge in [0.2, 0.25) is 5.91 Å². The number of hydrogen-bond donors (Lipinski definition) is 6. The lowest BCUT2D eigenvalue weighted by atomic mass is 9.77. The number of pyridine rings is 1. The van der Waals surface area contributed by atoms with Gasteiger partial charge in [0.25, 0.3) is 0 Å². The third-order valence-corrected chi connectivity index (χ3v) is 15.5. The van der Waals surface area contributed by atoms with Gasteiger partial charge in [-0.05, 0) is 125 Å². The van der Waals surface area contributed by atoms with E-state index in [1.807, 2.05) is 65.9 Å². The number of ether oxygens (including phenoxy) is 7. The predicted molar refractivity (Wildman–Crippen MR) is 271 cm³/mol. The third-order valence-electron chi connectivity index (χ3n) is 15.3. The standard InChI is InChI=1S/C52H86ClN5O13/c1-15-40-52(10,64)45(60)33(6)58(13)28-29(2)25-50(8,63)47(31(4)43(32(5)48(62)69-40)70-42-26-51(9,65-14)46(61)34(7)68-42)71-49-44(39(57(11)12)23-30(3)67-49)66-22-16-20-55-41(59)27-56-37-19-21-54-38-24-35(53)17-18-36(37)38/h17-19,21,24,29-34,39-40,42-47,49,60-61,63-64H,15-16,20,22-23,25-28H2,1-14H3,(H,54,56)(H,55,59)/t29-,30-,31+,32-,33-,34+,39+,40-,42?,43+,44-,45-,46+,47-,49+,50-,51-,52-/m1/s1. The summed E-state index contributed by atoms with van der Waals surface area (Å²) in [5, 5.41) is 55.3. The lowest BCUT2D eigenvalue weighted by Crippen LogP contribution is -2.61. The van der Waals surface area contributed by atoms with Gasteiger partial charge >= 0.3 is 5.97 Å². The summed E-state index contributed by atoms with van der Waals surface area (Å²) >= 11 is 6.16. The van der Waals surface area contributed by atoms with Crippen molar-refractivity contribution in [3.05, 3.63) is 35.5 Å². The van der Waals surface area contributed by atoms with Crippen LogP contribution < -0.4 is 10.6 Å². The molecule has 1 unspecified atom stereocenters. The van der Waals surface area contributed by atoms with E-state index in [1.54, 1.807) is 52.9 Å². The molecule has 3 saturated heterocycles. The number of nitrogens with zero attached hydrogens (tertiary/aromatic N) is 3. The van der Waals surface area contributed by atoms with Gasteiger partial charge in [0.15, 0.2) is 12.6 Å². The number of esters is 1. The number of nitrogens with one attached hydrogen (secondary N) is 2. The fraction of sp³-hybridized carbons (Fsp3) is 0.788. The van der Waals surface area contributed by atoms with Crippen LogP contribution in [0.1, 0.15) is 101 Å². The van der Waals surface area contributed by atoms with Crippen LogP contribution in [0.2, 0.25) is 5.02 Å². The second-order valence-electron chi connectivity index (χ2n) is 21.6. The number of aromatic nitrogens is 1. The molecule has 404 valence electrons. The van der Waals surface area contributed by atoms with E-state index in [9.17, 15) is 30.0 Å². The molecule has 0 bridgehead atoms. The van der Waals surface area contributed by atoms with Crippen molar-refractivity contribution in [1.82, 2.24) is 20.1 Å². The number of amides is 1. The van der Waals surface area contributed by atoms with Gasteiger partial charge in [-0.1, -0.05) is 32.4 Å². The van der Waals surface area contributed by atoms with Crippen molar-refractivity contribution in [2.24, 2.45) is 17.8 Å². The summed E-state index contributed by atoms with van der Waals surface area (Å²) in [6, 6.07) is 6.49. The first-order chi connectivity index (χ1) is 33.2. The Morgan fingerprint density at radius 3 is 2.37 bits per heavy atom. The van der Waals surface area contributed by atoms with Gasteiger partial charge in [0, 0.05) is 73.5 Å². The monoisotopic (exact) mass is 1020 g/mol. The summed E-state index contributed by atoms with van der Waals surface area (Å²) in [7, 11) is 7.30. The molecule has 71 heavy (non-hydrogen) atoms. The fourth-order valence-electron chi connectivity index (χ4n) is 10.9. The maximum Gasteiger partial charge on any atom is 0.311 e. The van der Waals surface area contributed by atoms with Gasteiger partial charge in [0.05, 0.1) is 53.6 Å². The lowest BCUT2D eigenvalue weighted by molar-refractivity contribution is -0.321. The molecule has 4 heterocycles. The molecule has 19 heteroatoms. The number of anilines is 1. The van der Waals surface area contributed by atoms with E-state index in [4.69, 9.17) is 44.8 Å². The van der Waals surface area contributed by atoms with Crippen molar-refractivity contribution >= 4 is 40.1 Å². The lowest BCUT2D eigenvalue weighted by Gasteiger charge is -2.49. The molecule has 18 atom stereocenters. The van der Waals surface area contributed by atoms with Crippen LogP contribution >= 0.6 is 11.6 Å². The van der Waals surface area contributed by atoms with Gasteiger partial charge < -0.3 is 74.0 Å². The number of rotatable bonds is 15. The molecular formula is C52H86ClN5O13. The van der Waals surface area contributed by atoms with Crippen LogP contribution in [0.3, 0.4) is 0 Å². The van der Waals surface area contributed by atoms with Crippen molar-refractivity contribution in [2.45, 2.75) is 192 Å². The summed E-state index contributed by atoms with van der Waals surface area (Å²) in [4.78, 5) is 35.9. The molecule has 2 aromatic rings. The van der Waals surface area contributed by atoms with E-state index in [-0.39, 0.29) is 56.4 Å². The Labute approximate surface area is 426 Å². The number of benzene rings is 1. The van der Waals surface area contributed by atoms with Crippen molar-refractivity contribution < 1.29 is 63.2 Å². The van der Waals surface area contributed by atoms with Crippen LogP contribution in [-0.4, -0.2) is 192 Å². The highest BCUT2D eigenvalue weighted by Crippen LogP contribution is 2.41. The maximum atomic E-state index is 14.6. The van der Waals surface area contributed by atoms with Crippen LogP contribution in [0.15, 0.2) is 30.5 Å². The second-order valence-corrected chi connectivity index (χ2v) is 22.0. The number of methoxy groups -OCH3 is 1. The van der Waals surface area contributed by atoms with Gasteiger partial charge in [-0.15, -0.1) is 0 Å². The molecule has 3 fully saturated rings. The highest BCUT2D eigenvalue weighted by molar-refractivity contribution is 6.31. The maximum absolute atomic E-state index is 14.6. The zero-order valence-electron chi connectivity index (χ0n) is 44.6. The minimum absolute atomic E-state index is 0.0472. The number of hydrogen-bond acceptors (Lipinski definition) is 17. The van der Waals surface area contributed by atoms with Gasteiger partial charge in [-0.25, -0.2) is 0 Å². The number of aliphatic hydroxyl groups is 4. The summed E-state index contributed by atoms with van der Waals surface area (Å²) in [6.07, 6.45) is -5.81. The number of carbonyl (C=O) groups is 2. The summed E-state index contributed by atoms with van der Waals surface area (Å²) in [5.74, 6) is -2.89. The van der Waals surface area contributed by atoms with Crippen LogP contribution in [0.4, 0.5) is 5.69 Å². The predicted octanol–water partition coefficient (Wildman–Crippen LogP) is 4.75. The molecular weight excluding hydrogens is 938 g/mol. The third kappa shape index (κ3) is 14.5. The Balaban J connectivity index is 1.43. The zero-order chi connectivity index (χ0) is 52.7. The molecule has 0 spiro atoms. The van der Waals surface area contributed by atoms with E-state index in [0.717, 1.165) is 16.6 Å². The first-order valence-corrected chi connectivity index (χ1v) is 25.8. The minimum Gasteiger partial charge on any atom is -0.459 e. The highest BCUT2D eigenvalue weighted by atomic mass is 35.5. The van der Waals surface area contributed by atoms with Gasteiger partial charge in [0.1, 0.15) is 30.0 Å². The molecule has 5 rings (SSSR count). The average Bonchev–Trinajstić information content (AvgIpc) is 3.30. The Hall–Kier alpha value is -2.82. The molecule has 1 aromatic carbocycles. The van der Waals surface area contributed by atoms with Gasteiger partial charge in [-0.2, -0.15) is 0 Å². The number of halogens is 1. The van der Waals surface area contributed by atoms with Crippen molar-refractivity contribution in [1.29, 1.82) is 0 Å². The first kappa shape index (κ1) is 59.1. The largest absolute Gasteiger partial charge is 0.459 e. The molecule has 0 saturated carbocycles. The Kier molecular flexibility index (Phi) is 20.9. The average molecular weight is 1020 g/mol. The Bertz CT molecular complexity index is 2030. The van der Waals surface area contributed by atoms with E-state index in [1.165, 1.54) is 14.0 Å². The molecule has 6 N–H and O–H groups in total. The van der Waals surface area contributed by atoms with E-state index >= 15 is 0 Å². The molecule has 1 aromatic heterocycles. The Morgan fingerprint density at radius 1 is 1.00 bits per heavy atom. The number of cyclic esters (lactones) is 1. The fourth-order valence-corrected chi connectivity index (χ4v) is 11.1. The SMILES string of the molecule is CC[C@H]1OC(=O)[C@H](C)[C@@H](OC2C[C@@](C)(OC)[C@@H](O)[C@H](C)O2)[C@H](C)[C@@H](O[C@@H]2O[C@H](C)C[C@H](N(C)C)[C@H]2OCCCNC(=O)CNc2ccnc3cc(Cl)ccc23)[C@](C)(O)C[C@@H](C)CN(C)[C@H](C)[C@@H](O)[C@]1(C)O. The number of aliphatic hydroxyl groups excluding tert-OH is 2. The van der Waals surface area contributed by atoms with Crippen molar-refractivity contribution in [3.63, 3.8) is 0 Å². The highest BCUT2D eigenvalue weighted by Gasteiger charge is 2.53.